The molecule has 5 rings (SSSR count). The molecule has 2 aliphatic rings. The van der Waals surface area contributed by atoms with Gasteiger partial charge < -0.3 is 58.5 Å². The van der Waals surface area contributed by atoms with Gasteiger partial charge in [0.1, 0.15) is 42.7 Å². The van der Waals surface area contributed by atoms with Crippen LogP contribution in [0.2, 0.25) is 0 Å². The molecule has 3 aromatic rings. The SMILES string of the molecule is COC(=O)CCCCCCCCO[C@@H]1O[C@H](COC(C)=O)[C@@H](O)[C@@](O)([C@@H]2O[C@H](C(=O)C(O)CCl)[C@H](OC(=O)c3ccccc3)[C@H](OC(=O)c3ccccc3)[C@H]2OC(=O)c2ccccc2)[C@H]1NC(C)=O. The number of aliphatic hydroxyl groups is 3. The molecule has 0 radical (unpaired) electrons. The second-order valence-corrected chi connectivity index (χ2v) is 16.7. The van der Waals surface area contributed by atoms with Crippen molar-refractivity contribution in [3.05, 3.63) is 108 Å². The Kier molecular flexibility index (Phi) is 20.6. The van der Waals surface area contributed by atoms with Crippen LogP contribution in [0.15, 0.2) is 91.0 Å². The van der Waals surface area contributed by atoms with Gasteiger partial charge in [0.05, 0.1) is 29.7 Å². The van der Waals surface area contributed by atoms with Gasteiger partial charge in [-0.25, -0.2) is 14.4 Å². The van der Waals surface area contributed by atoms with E-state index in [9.17, 15) is 48.9 Å². The number of carbonyl (C=O) groups excluding carboxylic acids is 7. The first-order valence-corrected chi connectivity index (χ1v) is 23.0. The van der Waals surface area contributed by atoms with Crippen LogP contribution in [0.5, 0.6) is 0 Å². The molecule has 0 aromatic heterocycles. The molecule has 3 aromatic carbocycles. The lowest BCUT2D eigenvalue weighted by Gasteiger charge is -2.56. The maximum atomic E-state index is 14.4. The fourth-order valence-electron chi connectivity index (χ4n) is 8.02. The average Bonchev–Trinajstić information content (AvgIpc) is 3.35. The van der Waals surface area contributed by atoms with Crippen molar-refractivity contribution in [1.82, 2.24) is 5.32 Å². The van der Waals surface area contributed by atoms with Crippen molar-refractivity contribution < 1.29 is 86.8 Å². The van der Waals surface area contributed by atoms with E-state index < -0.39 is 115 Å². The van der Waals surface area contributed by atoms with E-state index in [2.05, 4.69) is 10.1 Å². The van der Waals surface area contributed by atoms with Gasteiger partial charge in [-0.3, -0.25) is 19.2 Å². The standard InChI is InChI=1S/C49H58ClNO18/c1-29(52)51-42-48(63-26-18-7-5-4-6-17-25-36(55)62-3)65-35(28-64-30(2)53)43(57)49(42,61)44-41(69-47(60)33-23-15-10-16-24-33)40(68-46(59)32-21-13-9-14-22-32)39(38(66-44)37(56)34(54)27-50)67-45(58)31-19-11-8-12-20-31/h8-16,19-24,34-35,38-44,48,54,57,61H,4-7,17-18,25-28H2,1-3H3,(H,51,52)/t34?,35-,38-,39+,40+,41-,42+,43-,44-,48-,49-/m1/s1. The summed E-state index contributed by atoms with van der Waals surface area (Å²) in [6.45, 7) is 1.37. The molecule has 0 aliphatic carbocycles. The third-order valence-electron chi connectivity index (χ3n) is 11.5. The van der Waals surface area contributed by atoms with Gasteiger partial charge in [0.2, 0.25) is 5.91 Å². The summed E-state index contributed by atoms with van der Waals surface area (Å²) in [6, 6.07) is 20.3. The second kappa shape index (κ2) is 26.3. The third-order valence-corrected chi connectivity index (χ3v) is 11.8. The van der Waals surface area contributed by atoms with Gasteiger partial charge in [-0.15, -0.1) is 11.6 Å². The third kappa shape index (κ3) is 14.4. The molecule has 0 saturated carbocycles. The maximum absolute atomic E-state index is 14.4. The zero-order valence-electron chi connectivity index (χ0n) is 38.3. The number of methoxy groups -OCH3 is 1. The summed E-state index contributed by atoms with van der Waals surface area (Å²) in [7, 11) is 1.32. The lowest BCUT2D eigenvalue weighted by molar-refractivity contribution is -0.345. The van der Waals surface area contributed by atoms with Crippen LogP contribution in [0, 0.1) is 0 Å². The molecule has 2 aliphatic heterocycles. The zero-order valence-corrected chi connectivity index (χ0v) is 39.1. The van der Waals surface area contributed by atoms with Crippen molar-refractivity contribution in [2.24, 2.45) is 0 Å². The summed E-state index contributed by atoms with van der Waals surface area (Å²) < 4.78 is 46.8. The molecular formula is C49H58ClNO18. The predicted octanol–water partition coefficient (Wildman–Crippen LogP) is 3.40. The Balaban J connectivity index is 1.66. The summed E-state index contributed by atoms with van der Waals surface area (Å²) in [6.07, 6.45) is -14.4. The minimum absolute atomic E-state index is 0.0502. The van der Waals surface area contributed by atoms with Crippen molar-refractivity contribution in [3.63, 3.8) is 0 Å². The van der Waals surface area contributed by atoms with Crippen LogP contribution in [-0.4, -0.2) is 150 Å². The average molecular weight is 984 g/mol. The number of rotatable bonds is 23. The molecule has 0 bridgehead atoms. The number of hydrogen-bond acceptors (Lipinski definition) is 18. The van der Waals surface area contributed by atoms with Crippen molar-refractivity contribution in [1.29, 1.82) is 0 Å². The molecule has 69 heavy (non-hydrogen) atoms. The number of esters is 5. The zero-order chi connectivity index (χ0) is 50.1. The highest BCUT2D eigenvalue weighted by Gasteiger charge is 2.68. The number of unbranched alkanes of at least 4 members (excludes halogenated alkanes) is 5. The van der Waals surface area contributed by atoms with Gasteiger partial charge in [-0.2, -0.15) is 0 Å². The summed E-state index contributed by atoms with van der Waals surface area (Å²) in [5.74, 6) is -7.24. The summed E-state index contributed by atoms with van der Waals surface area (Å²) in [5, 5.41) is 39.4. The van der Waals surface area contributed by atoms with Crippen LogP contribution in [-0.2, 0) is 57.1 Å². The van der Waals surface area contributed by atoms with Crippen molar-refractivity contribution >= 4 is 53.1 Å². The van der Waals surface area contributed by atoms with Crippen molar-refractivity contribution in [2.75, 3.05) is 26.2 Å². The number of Topliss-reactive ketones (excluding diaryl/α,β-unsaturated/α-hetero) is 1. The summed E-state index contributed by atoms with van der Waals surface area (Å²) in [5.41, 5.74) is -3.25. The van der Waals surface area contributed by atoms with Crippen LogP contribution in [0.1, 0.15) is 89.9 Å². The first-order chi connectivity index (χ1) is 33.1. The highest BCUT2D eigenvalue weighted by Crippen LogP contribution is 2.43. The van der Waals surface area contributed by atoms with Crippen molar-refractivity contribution in [3.8, 4) is 0 Å². The van der Waals surface area contributed by atoms with E-state index >= 15 is 0 Å². The monoisotopic (exact) mass is 983 g/mol. The smallest absolute Gasteiger partial charge is 0.338 e. The first-order valence-electron chi connectivity index (χ1n) is 22.5. The quantitative estimate of drug-likeness (QED) is 0.0459. The molecule has 11 atom stereocenters. The van der Waals surface area contributed by atoms with E-state index in [-0.39, 0.29) is 29.3 Å². The van der Waals surface area contributed by atoms with Gasteiger partial charge >= 0.3 is 29.8 Å². The van der Waals surface area contributed by atoms with Crippen LogP contribution in [0.3, 0.4) is 0 Å². The Morgan fingerprint density at radius 3 is 1.70 bits per heavy atom. The van der Waals surface area contributed by atoms with Crippen LogP contribution < -0.4 is 5.32 Å². The van der Waals surface area contributed by atoms with Crippen LogP contribution in [0.25, 0.3) is 0 Å². The number of hydrogen-bond donors (Lipinski definition) is 4. The number of alkyl halides is 1. The molecule has 20 heteroatoms. The Morgan fingerprint density at radius 1 is 0.710 bits per heavy atom. The largest absolute Gasteiger partial charge is 0.469 e. The topological polar surface area (TPSA) is 266 Å². The van der Waals surface area contributed by atoms with E-state index in [0.29, 0.717) is 25.7 Å². The highest BCUT2D eigenvalue weighted by molar-refractivity contribution is 6.20. The Hall–Kier alpha value is -5.80. The number of halogens is 1. The molecule has 2 heterocycles. The Bertz CT molecular complexity index is 2180. The molecule has 0 spiro atoms. The van der Waals surface area contributed by atoms with E-state index in [1.807, 2.05) is 0 Å². The highest BCUT2D eigenvalue weighted by atomic mass is 35.5. The second-order valence-electron chi connectivity index (χ2n) is 16.4. The number of amides is 1. The van der Waals surface area contributed by atoms with Crippen molar-refractivity contribution in [2.45, 2.75) is 126 Å². The normalized spacial score (nSPS) is 25.8. The lowest BCUT2D eigenvalue weighted by atomic mass is 9.72. The Labute approximate surface area is 403 Å². The summed E-state index contributed by atoms with van der Waals surface area (Å²) in [4.78, 5) is 93.6. The first kappa shape index (κ1) is 54.1. The number of aliphatic hydroxyl groups excluding tert-OH is 2. The number of ether oxygens (including phenoxy) is 8. The van der Waals surface area contributed by atoms with Gasteiger partial charge in [-0.1, -0.05) is 80.3 Å². The fourth-order valence-corrected chi connectivity index (χ4v) is 8.17. The number of carbonyl (C=O) groups is 7. The Morgan fingerprint density at radius 2 is 1.20 bits per heavy atom. The van der Waals surface area contributed by atoms with Gasteiger partial charge in [0.25, 0.3) is 0 Å². The minimum Gasteiger partial charge on any atom is -0.469 e. The predicted molar refractivity (Wildman–Crippen MR) is 241 cm³/mol. The van der Waals surface area contributed by atoms with Gasteiger partial charge in [-0.05, 0) is 49.2 Å². The van der Waals surface area contributed by atoms with E-state index in [0.717, 1.165) is 33.1 Å². The number of ketones is 1. The van der Waals surface area contributed by atoms with E-state index in [1.165, 1.54) is 79.9 Å². The molecule has 19 nitrogen and oxygen atoms in total. The van der Waals surface area contributed by atoms with Crippen LogP contribution >= 0.6 is 11.6 Å². The van der Waals surface area contributed by atoms with Gasteiger partial charge in [0, 0.05) is 26.9 Å². The molecule has 4 N–H and O–H groups in total. The molecule has 1 amide bonds. The number of nitrogens with one attached hydrogen (secondary N) is 1. The lowest BCUT2D eigenvalue weighted by Crippen LogP contribution is -2.81. The maximum Gasteiger partial charge on any atom is 0.338 e. The molecule has 1 unspecified atom stereocenters. The molecule has 2 fully saturated rings. The molecule has 2 saturated heterocycles. The fraction of sp³-hybridized carbons (Fsp3) is 0.490. The van der Waals surface area contributed by atoms with Gasteiger partial charge in [0.15, 0.2) is 36.5 Å². The molecular weight excluding hydrogens is 926 g/mol. The number of benzene rings is 3. The van der Waals surface area contributed by atoms with E-state index in [1.54, 1.807) is 18.2 Å². The minimum atomic E-state index is -3.06. The van der Waals surface area contributed by atoms with Crippen LogP contribution in [0.4, 0.5) is 0 Å². The van der Waals surface area contributed by atoms with E-state index in [4.69, 9.17) is 44.8 Å². The molecule has 374 valence electrons. The summed E-state index contributed by atoms with van der Waals surface area (Å²) >= 11 is 6.00.